The first-order chi connectivity index (χ1) is 15.5. The molecule has 5 heteroatoms. The van der Waals surface area contributed by atoms with Gasteiger partial charge in [-0.3, -0.25) is 4.98 Å². The van der Waals surface area contributed by atoms with Crippen LogP contribution in [0.4, 0.5) is 5.69 Å². The maximum Gasteiger partial charge on any atom is 0.341 e. The molecule has 3 heterocycles. The van der Waals surface area contributed by atoms with E-state index in [4.69, 9.17) is 9.72 Å². The summed E-state index contributed by atoms with van der Waals surface area (Å²) in [5.74, 6) is -0.340. The Bertz CT molecular complexity index is 1320. The molecule has 0 spiro atoms. The van der Waals surface area contributed by atoms with E-state index in [1.165, 1.54) is 0 Å². The smallest absolute Gasteiger partial charge is 0.341 e. The Morgan fingerprint density at radius 1 is 1.00 bits per heavy atom. The van der Waals surface area contributed by atoms with Crippen LogP contribution in [0.5, 0.6) is 0 Å². The number of hydrogen-bond donors (Lipinski definition) is 0. The minimum atomic E-state index is -1.10. The van der Waals surface area contributed by atoms with Crippen molar-refractivity contribution < 1.29 is 9.53 Å². The number of aryl methyl sites for hydroxylation is 1. The van der Waals surface area contributed by atoms with E-state index in [2.05, 4.69) is 73.7 Å². The normalized spacial score (nSPS) is 17.4. The molecule has 1 aliphatic heterocycles. The largest absolute Gasteiger partial charge is 0.439 e. The van der Waals surface area contributed by atoms with Crippen LogP contribution < -0.4 is 4.90 Å². The van der Waals surface area contributed by atoms with Crippen molar-refractivity contribution in [2.75, 3.05) is 18.0 Å². The van der Waals surface area contributed by atoms with Crippen molar-refractivity contribution in [1.29, 1.82) is 0 Å². The van der Waals surface area contributed by atoms with Gasteiger partial charge in [0.15, 0.2) is 0 Å². The molecule has 0 saturated carbocycles. The summed E-state index contributed by atoms with van der Waals surface area (Å²) in [5, 5.41) is 1.06. The lowest BCUT2D eigenvalue weighted by molar-refractivity contribution is 0.0245. The lowest BCUT2D eigenvalue weighted by Crippen LogP contribution is -2.31. The number of carbonyl (C=O) groups excluding carboxylic acids is 1. The third kappa shape index (κ3) is 2.70. The van der Waals surface area contributed by atoms with Gasteiger partial charge < -0.3 is 14.2 Å². The third-order valence-corrected chi connectivity index (χ3v) is 6.76. The van der Waals surface area contributed by atoms with Crippen LogP contribution in [0.25, 0.3) is 10.9 Å². The molecule has 2 aromatic carbocycles. The molecule has 0 fully saturated rings. The number of hydrogen-bond acceptors (Lipinski definition) is 4. The van der Waals surface area contributed by atoms with Gasteiger partial charge in [0.25, 0.3) is 0 Å². The maximum absolute atomic E-state index is 13.1. The van der Waals surface area contributed by atoms with Gasteiger partial charge >= 0.3 is 5.97 Å². The fourth-order valence-corrected chi connectivity index (χ4v) is 5.06. The SMILES string of the molecule is CCN(CC)c1ccc(C2(c3c(C)n(C)c4ccccc34)OC(=O)c3cccnc32)cc1. The molecule has 0 amide bonds. The second-order valence-corrected chi connectivity index (χ2v) is 8.23. The predicted octanol–water partition coefficient (Wildman–Crippen LogP) is 5.19. The molecular formula is C27H27N3O2. The lowest BCUT2D eigenvalue weighted by atomic mass is 9.81. The molecule has 5 nitrogen and oxygen atoms in total. The van der Waals surface area contributed by atoms with Crippen molar-refractivity contribution >= 4 is 22.6 Å². The van der Waals surface area contributed by atoms with Gasteiger partial charge in [0, 0.05) is 59.7 Å². The van der Waals surface area contributed by atoms with Gasteiger partial charge in [-0.25, -0.2) is 4.79 Å². The van der Waals surface area contributed by atoms with E-state index in [-0.39, 0.29) is 5.97 Å². The number of cyclic esters (lactones) is 1. The number of pyridine rings is 1. The zero-order valence-electron chi connectivity index (χ0n) is 18.9. The molecule has 162 valence electrons. The van der Waals surface area contributed by atoms with E-state index in [1.807, 2.05) is 12.1 Å². The Labute approximate surface area is 188 Å². The average Bonchev–Trinajstić information content (AvgIpc) is 3.27. The van der Waals surface area contributed by atoms with E-state index in [9.17, 15) is 4.79 Å². The molecule has 1 unspecified atom stereocenters. The summed E-state index contributed by atoms with van der Waals surface area (Å²) in [6.07, 6.45) is 1.74. The van der Waals surface area contributed by atoms with E-state index in [1.54, 1.807) is 18.3 Å². The van der Waals surface area contributed by atoms with Crippen LogP contribution in [0.3, 0.4) is 0 Å². The van der Waals surface area contributed by atoms with Crippen molar-refractivity contribution in [2.24, 2.45) is 7.05 Å². The molecular weight excluding hydrogens is 398 g/mol. The van der Waals surface area contributed by atoms with Gasteiger partial charge in [0.05, 0.1) is 5.56 Å². The molecule has 0 saturated heterocycles. The molecule has 4 aromatic rings. The topological polar surface area (TPSA) is 47.4 Å². The standard InChI is InChI=1S/C27H27N3O2/c1-5-30(6-2)20-15-13-19(14-16-20)27(25-22(26(31)32-27)11-9-17-28-25)24-18(3)29(4)23-12-8-7-10-21(23)24/h7-17H,5-6H2,1-4H3. The lowest BCUT2D eigenvalue weighted by Gasteiger charge is -2.30. The fourth-order valence-electron chi connectivity index (χ4n) is 5.06. The van der Waals surface area contributed by atoms with Gasteiger partial charge in [0.1, 0.15) is 5.69 Å². The maximum atomic E-state index is 13.1. The molecule has 2 aromatic heterocycles. The number of carbonyl (C=O) groups is 1. The summed E-state index contributed by atoms with van der Waals surface area (Å²) in [7, 11) is 2.05. The average molecular weight is 426 g/mol. The molecule has 1 atom stereocenters. The molecule has 5 rings (SSSR count). The fraction of sp³-hybridized carbons (Fsp3) is 0.259. The van der Waals surface area contributed by atoms with Crippen LogP contribution in [0.2, 0.25) is 0 Å². The number of ether oxygens (including phenoxy) is 1. The van der Waals surface area contributed by atoms with E-state index in [0.717, 1.165) is 46.5 Å². The van der Waals surface area contributed by atoms with Crippen LogP contribution in [0, 0.1) is 6.92 Å². The first-order valence-corrected chi connectivity index (χ1v) is 11.1. The van der Waals surface area contributed by atoms with Crippen molar-refractivity contribution in [3.8, 4) is 0 Å². The number of anilines is 1. The van der Waals surface area contributed by atoms with Crippen molar-refractivity contribution in [1.82, 2.24) is 9.55 Å². The van der Waals surface area contributed by atoms with Gasteiger partial charge in [0.2, 0.25) is 5.60 Å². The van der Waals surface area contributed by atoms with Crippen molar-refractivity contribution in [3.05, 3.63) is 94.9 Å². The predicted molar refractivity (Wildman–Crippen MR) is 127 cm³/mol. The van der Waals surface area contributed by atoms with Crippen LogP contribution in [0.15, 0.2) is 66.9 Å². The summed E-state index contributed by atoms with van der Waals surface area (Å²) in [6, 6.07) is 20.2. The Morgan fingerprint density at radius 2 is 1.72 bits per heavy atom. The summed E-state index contributed by atoms with van der Waals surface area (Å²) >= 11 is 0. The number of fused-ring (bicyclic) bond motifs is 2. The molecule has 0 bridgehead atoms. The molecule has 32 heavy (non-hydrogen) atoms. The molecule has 0 radical (unpaired) electrons. The Morgan fingerprint density at radius 3 is 2.44 bits per heavy atom. The van der Waals surface area contributed by atoms with Gasteiger partial charge in [-0.15, -0.1) is 0 Å². The summed E-state index contributed by atoms with van der Waals surface area (Å²) in [5.41, 5.74) is 5.24. The zero-order valence-corrected chi connectivity index (χ0v) is 18.9. The first kappa shape index (κ1) is 20.3. The van der Waals surface area contributed by atoms with E-state index >= 15 is 0 Å². The van der Waals surface area contributed by atoms with Crippen LogP contribution in [-0.2, 0) is 17.4 Å². The highest BCUT2D eigenvalue weighted by Gasteiger charge is 2.52. The highest BCUT2D eigenvalue weighted by Crippen LogP contribution is 2.50. The van der Waals surface area contributed by atoms with E-state index < -0.39 is 5.60 Å². The van der Waals surface area contributed by atoms with Crippen molar-refractivity contribution in [2.45, 2.75) is 26.4 Å². The van der Waals surface area contributed by atoms with E-state index in [0.29, 0.717) is 11.3 Å². The Kier molecular flexibility index (Phi) is 4.77. The second-order valence-electron chi connectivity index (χ2n) is 8.23. The van der Waals surface area contributed by atoms with Crippen LogP contribution in [0.1, 0.15) is 46.7 Å². The van der Waals surface area contributed by atoms with Crippen molar-refractivity contribution in [3.63, 3.8) is 0 Å². The number of para-hydroxylation sites is 1. The number of aromatic nitrogens is 2. The Hall–Kier alpha value is -3.60. The van der Waals surface area contributed by atoms with Crippen LogP contribution in [-0.4, -0.2) is 28.6 Å². The summed E-state index contributed by atoms with van der Waals surface area (Å²) in [4.78, 5) is 20.1. The first-order valence-electron chi connectivity index (χ1n) is 11.1. The Balaban J connectivity index is 1.83. The highest BCUT2D eigenvalue weighted by molar-refractivity contribution is 5.98. The van der Waals surface area contributed by atoms with Crippen LogP contribution >= 0.6 is 0 Å². The number of rotatable bonds is 5. The third-order valence-electron chi connectivity index (χ3n) is 6.76. The minimum Gasteiger partial charge on any atom is -0.439 e. The summed E-state index contributed by atoms with van der Waals surface area (Å²) < 4.78 is 8.48. The second kappa shape index (κ2) is 7.52. The van der Waals surface area contributed by atoms with Gasteiger partial charge in [-0.2, -0.15) is 0 Å². The molecule has 0 N–H and O–H groups in total. The number of esters is 1. The van der Waals surface area contributed by atoms with Gasteiger partial charge in [-0.05, 0) is 51.1 Å². The zero-order chi connectivity index (χ0) is 22.5. The molecule has 1 aliphatic rings. The van der Waals surface area contributed by atoms with Gasteiger partial charge in [-0.1, -0.05) is 30.3 Å². The summed E-state index contributed by atoms with van der Waals surface area (Å²) in [6.45, 7) is 8.25. The number of nitrogens with zero attached hydrogens (tertiary/aromatic N) is 3. The number of benzene rings is 2. The molecule has 0 aliphatic carbocycles. The minimum absolute atomic E-state index is 0.340. The monoisotopic (exact) mass is 425 g/mol. The quantitative estimate of drug-likeness (QED) is 0.413. The highest BCUT2D eigenvalue weighted by atomic mass is 16.6.